The van der Waals surface area contributed by atoms with E-state index < -0.39 is 5.97 Å². The van der Waals surface area contributed by atoms with E-state index in [9.17, 15) is 4.79 Å². The summed E-state index contributed by atoms with van der Waals surface area (Å²) in [5.41, 5.74) is 1.39. The molecule has 0 aliphatic carbocycles. The summed E-state index contributed by atoms with van der Waals surface area (Å²) in [5, 5.41) is 12.3. The molecule has 0 aliphatic heterocycles. The van der Waals surface area contributed by atoms with E-state index in [0.717, 1.165) is 10.6 Å². The van der Waals surface area contributed by atoms with Crippen molar-refractivity contribution in [2.45, 2.75) is 6.42 Å². The number of carboxylic acids is 1. The lowest BCUT2D eigenvalue weighted by Crippen LogP contribution is -1.99. The van der Waals surface area contributed by atoms with Crippen LogP contribution in [0.25, 0.3) is 12.2 Å². The smallest absolute Gasteiger partial charge is 0.309 e. The molecule has 1 aromatic carbocycles. The molecule has 0 atom stereocenters. The van der Waals surface area contributed by atoms with Crippen LogP contribution in [0, 0.1) is 0 Å². The zero-order valence-electron chi connectivity index (χ0n) is 9.64. The van der Waals surface area contributed by atoms with Gasteiger partial charge in [-0.2, -0.15) is 0 Å². The summed E-state index contributed by atoms with van der Waals surface area (Å²) < 4.78 is 0. The van der Waals surface area contributed by atoms with Crippen molar-refractivity contribution >= 4 is 52.7 Å². The van der Waals surface area contributed by atoms with Gasteiger partial charge in [0.1, 0.15) is 5.01 Å². The van der Waals surface area contributed by atoms with E-state index in [1.54, 1.807) is 23.6 Å². The van der Waals surface area contributed by atoms with Crippen LogP contribution in [0.5, 0.6) is 0 Å². The van der Waals surface area contributed by atoms with Crippen LogP contribution >= 0.6 is 34.5 Å². The first kappa shape index (κ1) is 14.1. The Hall–Kier alpha value is -1.36. The second kappa shape index (κ2) is 6.19. The standard InChI is InChI=1S/C13H9Cl2NO2S/c14-9-3-1-8(11(15)5-9)2-4-12-16-10(7-19-12)6-13(17)18/h1-5,7H,6H2,(H,17,18). The Kier molecular flexibility index (Phi) is 4.58. The van der Waals surface area contributed by atoms with Gasteiger partial charge in [0, 0.05) is 15.4 Å². The highest BCUT2D eigenvalue weighted by atomic mass is 35.5. The maximum Gasteiger partial charge on any atom is 0.309 e. The Morgan fingerprint density at radius 2 is 2.16 bits per heavy atom. The van der Waals surface area contributed by atoms with Gasteiger partial charge >= 0.3 is 5.97 Å². The Labute approximate surface area is 124 Å². The SMILES string of the molecule is O=C(O)Cc1csc(C=Cc2ccc(Cl)cc2Cl)n1. The minimum Gasteiger partial charge on any atom is -0.481 e. The summed E-state index contributed by atoms with van der Waals surface area (Å²) in [5.74, 6) is -0.887. The van der Waals surface area contributed by atoms with Gasteiger partial charge in [0.25, 0.3) is 0 Å². The lowest BCUT2D eigenvalue weighted by atomic mass is 10.2. The predicted octanol–water partition coefficient (Wildman–Crippen LogP) is 4.25. The molecule has 1 heterocycles. The normalized spacial score (nSPS) is 11.1. The number of rotatable bonds is 4. The number of thiazole rings is 1. The molecule has 3 nitrogen and oxygen atoms in total. The van der Waals surface area contributed by atoms with Crippen LogP contribution in [-0.4, -0.2) is 16.1 Å². The molecule has 0 amide bonds. The molecule has 2 rings (SSSR count). The number of aliphatic carboxylic acids is 1. The first-order valence-electron chi connectivity index (χ1n) is 5.34. The van der Waals surface area contributed by atoms with Gasteiger partial charge in [-0.05, 0) is 23.8 Å². The number of hydrogen-bond donors (Lipinski definition) is 1. The van der Waals surface area contributed by atoms with Crippen molar-refractivity contribution in [2.75, 3.05) is 0 Å². The Morgan fingerprint density at radius 3 is 2.84 bits per heavy atom. The summed E-state index contributed by atoms with van der Waals surface area (Å²) >= 11 is 13.2. The van der Waals surface area contributed by atoms with Gasteiger partial charge in [-0.3, -0.25) is 4.79 Å². The van der Waals surface area contributed by atoms with Gasteiger partial charge < -0.3 is 5.11 Å². The number of carbonyl (C=O) groups is 1. The average molecular weight is 314 g/mol. The van der Waals surface area contributed by atoms with Crippen LogP contribution in [0.15, 0.2) is 23.6 Å². The van der Waals surface area contributed by atoms with Crippen molar-refractivity contribution in [1.82, 2.24) is 4.98 Å². The third kappa shape index (κ3) is 4.06. The summed E-state index contributed by atoms with van der Waals surface area (Å²) in [7, 11) is 0. The molecule has 19 heavy (non-hydrogen) atoms. The first-order valence-corrected chi connectivity index (χ1v) is 6.97. The number of aromatic nitrogens is 1. The van der Waals surface area contributed by atoms with Gasteiger partial charge in [0.2, 0.25) is 0 Å². The molecule has 0 spiro atoms. The molecule has 6 heteroatoms. The first-order chi connectivity index (χ1) is 9.04. The van der Waals surface area contributed by atoms with Crippen molar-refractivity contribution in [3.63, 3.8) is 0 Å². The average Bonchev–Trinajstić information content (AvgIpc) is 2.74. The van der Waals surface area contributed by atoms with Gasteiger partial charge in [0.05, 0.1) is 12.1 Å². The fourth-order valence-electron chi connectivity index (χ4n) is 1.43. The topological polar surface area (TPSA) is 50.2 Å². The summed E-state index contributed by atoms with van der Waals surface area (Å²) in [6, 6.07) is 5.23. The monoisotopic (exact) mass is 313 g/mol. The number of carboxylic acid groups (broad SMARTS) is 1. The van der Waals surface area contributed by atoms with Crippen molar-refractivity contribution in [1.29, 1.82) is 0 Å². The van der Waals surface area contributed by atoms with Crippen molar-refractivity contribution in [2.24, 2.45) is 0 Å². The highest BCUT2D eigenvalue weighted by Crippen LogP contribution is 2.23. The zero-order valence-corrected chi connectivity index (χ0v) is 12.0. The van der Waals surface area contributed by atoms with E-state index in [1.807, 2.05) is 12.1 Å². The van der Waals surface area contributed by atoms with Crippen LogP contribution < -0.4 is 0 Å². The summed E-state index contributed by atoms with van der Waals surface area (Å²) in [4.78, 5) is 14.7. The van der Waals surface area contributed by atoms with Crippen LogP contribution in [-0.2, 0) is 11.2 Å². The Bertz CT molecular complexity index is 637. The molecule has 0 saturated heterocycles. The maximum atomic E-state index is 10.6. The van der Waals surface area contributed by atoms with Crippen molar-refractivity contribution < 1.29 is 9.90 Å². The zero-order chi connectivity index (χ0) is 13.8. The molecular weight excluding hydrogens is 305 g/mol. The van der Waals surface area contributed by atoms with Crippen molar-refractivity contribution in [3.8, 4) is 0 Å². The molecule has 1 N–H and O–H groups in total. The lowest BCUT2D eigenvalue weighted by Gasteiger charge is -1.97. The molecule has 0 radical (unpaired) electrons. The third-order valence-electron chi connectivity index (χ3n) is 2.27. The summed E-state index contributed by atoms with van der Waals surface area (Å²) in [6.45, 7) is 0. The molecule has 0 bridgehead atoms. The lowest BCUT2D eigenvalue weighted by molar-refractivity contribution is -0.136. The van der Waals surface area contributed by atoms with E-state index in [0.29, 0.717) is 15.7 Å². The van der Waals surface area contributed by atoms with Gasteiger partial charge in [-0.25, -0.2) is 4.98 Å². The molecule has 98 valence electrons. The van der Waals surface area contributed by atoms with Gasteiger partial charge in [-0.1, -0.05) is 35.3 Å². The number of nitrogens with zero attached hydrogens (tertiary/aromatic N) is 1. The quantitative estimate of drug-likeness (QED) is 0.918. The van der Waals surface area contributed by atoms with E-state index in [-0.39, 0.29) is 6.42 Å². The molecule has 0 unspecified atom stereocenters. The molecule has 0 aliphatic rings. The van der Waals surface area contributed by atoms with E-state index >= 15 is 0 Å². The fraction of sp³-hybridized carbons (Fsp3) is 0.0769. The van der Waals surface area contributed by atoms with E-state index in [4.69, 9.17) is 28.3 Å². The number of hydrogen-bond acceptors (Lipinski definition) is 3. The predicted molar refractivity (Wildman–Crippen MR) is 78.8 cm³/mol. The number of halogens is 2. The summed E-state index contributed by atoms with van der Waals surface area (Å²) in [6.07, 6.45) is 3.55. The van der Waals surface area contributed by atoms with Crippen LogP contribution in [0.2, 0.25) is 10.0 Å². The molecule has 1 aromatic heterocycles. The minimum absolute atomic E-state index is 0.0635. The van der Waals surface area contributed by atoms with Crippen LogP contribution in [0.4, 0.5) is 0 Å². The van der Waals surface area contributed by atoms with E-state index in [1.165, 1.54) is 11.3 Å². The minimum atomic E-state index is -0.887. The highest BCUT2D eigenvalue weighted by molar-refractivity contribution is 7.10. The Morgan fingerprint density at radius 1 is 1.37 bits per heavy atom. The molecule has 0 saturated carbocycles. The van der Waals surface area contributed by atoms with Crippen LogP contribution in [0.1, 0.15) is 16.3 Å². The second-order valence-corrected chi connectivity index (χ2v) is 5.48. The van der Waals surface area contributed by atoms with Gasteiger partial charge in [-0.15, -0.1) is 11.3 Å². The van der Waals surface area contributed by atoms with E-state index in [2.05, 4.69) is 4.98 Å². The maximum absolute atomic E-state index is 10.6. The largest absolute Gasteiger partial charge is 0.481 e. The molecular formula is C13H9Cl2NO2S. The Balaban J connectivity index is 2.13. The van der Waals surface area contributed by atoms with Gasteiger partial charge in [0.15, 0.2) is 0 Å². The molecule has 2 aromatic rings. The molecule has 0 fully saturated rings. The van der Waals surface area contributed by atoms with Crippen molar-refractivity contribution in [3.05, 3.63) is 49.9 Å². The fourth-order valence-corrected chi connectivity index (χ4v) is 2.61. The second-order valence-electron chi connectivity index (χ2n) is 3.75. The number of benzene rings is 1. The highest BCUT2D eigenvalue weighted by Gasteiger charge is 2.04. The van der Waals surface area contributed by atoms with Crippen LogP contribution in [0.3, 0.4) is 0 Å². The third-order valence-corrected chi connectivity index (χ3v) is 3.69.